The predicted molar refractivity (Wildman–Crippen MR) is 81.6 cm³/mol. The molecular weight excluding hydrogens is 380 g/mol. The summed E-state index contributed by atoms with van der Waals surface area (Å²) in [5, 5.41) is 20.6. The molecule has 9 heteroatoms. The molecule has 1 heterocycles. The van der Waals surface area contributed by atoms with Crippen LogP contribution in [0.2, 0.25) is 5.02 Å². The monoisotopic (exact) mass is 388 g/mol. The third-order valence-corrected chi connectivity index (χ3v) is 3.81. The molecule has 0 spiro atoms. The molecule has 116 valence electrons. The van der Waals surface area contributed by atoms with Crippen molar-refractivity contribution in [2.24, 2.45) is 0 Å². The Labute approximate surface area is 138 Å². The topological polar surface area (TPSA) is 107 Å². The van der Waals surface area contributed by atoms with E-state index in [0.717, 1.165) is 11.0 Å². The van der Waals surface area contributed by atoms with Gasteiger partial charge in [0, 0.05) is 10.5 Å². The molecule has 0 aliphatic carbocycles. The van der Waals surface area contributed by atoms with Crippen molar-refractivity contribution in [3.63, 3.8) is 0 Å². The molecule has 0 saturated heterocycles. The van der Waals surface area contributed by atoms with E-state index in [1.807, 2.05) is 0 Å². The van der Waals surface area contributed by atoms with E-state index in [4.69, 9.17) is 21.8 Å². The molecule has 0 aromatic heterocycles. The van der Waals surface area contributed by atoms with Crippen molar-refractivity contribution in [1.82, 2.24) is 4.90 Å². The number of rotatable bonds is 5. The molecule has 2 amide bonds. The van der Waals surface area contributed by atoms with Gasteiger partial charge in [0.15, 0.2) is 0 Å². The molecule has 1 aromatic rings. The number of hydrogen-bond donors (Lipinski definition) is 3. The first-order chi connectivity index (χ1) is 10.3. The molecule has 1 aromatic carbocycles. The SMILES string of the molecule is O=C(O)c1cc(Cl)c(NC2=CC(=O)N(CCO)C2=O)c(Br)c1. The highest BCUT2D eigenvalue weighted by molar-refractivity contribution is 9.10. The Morgan fingerprint density at radius 1 is 1.36 bits per heavy atom. The predicted octanol–water partition coefficient (Wildman–Crippen LogP) is 1.46. The van der Waals surface area contributed by atoms with Gasteiger partial charge in [-0.1, -0.05) is 11.6 Å². The van der Waals surface area contributed by atoms with Crippen molar-refractivity contribution in [2.45, 2.75) is 0 Å². The number of aromatic carboxylic acids is 1. The number of carbonyl (C=O) groups excluding carboxylic acids is 2. The van der Waals surface area contributed by atoms with E-state index in [9.17, 15) is 14.4 Å². The van der Waals surface area contributed by atoms with Crippen LogP contribution < -0.4 is 5.32 Å². The van der Waals surface area contributed by atoms with Gasteiger partial charge in [0.25, 0.3) is 11.8 Å². The normalized spacial score (nSPS) is 14.3. The van der Waals surface area contributed by atoms with E-state index in [1.165, 1.54) is 12.1 Å². The number of carbonyl (C=O) groups is 3. The first kappa shape index (κ1) is 16.5. The first-order valence-electron chi connectivity index (χ1n) is 6.03. The van der Waals surface area contributed by atoms with Crippen molar-refractivity contribution >= 4 is 51.0 Å². The van der Waals surface area contributed by atoms with Gasteiger partial charge in [-0.15, -0.1) is 0 Å². The van der Waals surface area contributed by atoms with Crippen LogP contribution in [0.5, 0.6) is 0 Å². The molecule has 0 atom stereocenters. The quantitative estimate of drug-likeness (QED) is 0.658. The van der Waals surface area contributed by atoms with E-state index in [1.54, 1.807) is 0 Å². The third-order valence-electron chi connectivity index (χ3n) is 2.88. The van der Waals surface area contributed by atoms with E-state index in [0.29, 0.717) is 4.47 Å². The molecule has 3 N–H and O–H groups in total. The highest BCUT2D eigenvalue weighted by Gasteiger charge is 2.31. The second-order valence-electron chi connectivity index (χ2n) is 4.32. The zero-order valence-corrected chi connectivity index (χ0v) is 13.3. The van der Waals surface area contributed by atoms with E-state index >= 15 is 0 Å². The van der Waals surface area contributed by atoms with Crippen LogP contribution in [-0.2, 0) is 9.59 Å². The second kappa shape index (κ2) is 6.47. The number of carboxylic acid groups (broad SMARTS) is 1. The first-order valence-corrected chi connectivity index (χ1v) is 7.20. The minimum absolute atomic E-state index is 0.0101. The fourth-order valence-corrected chi connectivity index (χ4v) is 2.80. The maximum atomic E-state index is 12.0. The zero-order chi connectivity index (χ0) is 16.4. The number of nitrogens with one attached hydrogen (secondary N) is 1. The lowest BCUT2D eigenvalue weighted by atomic mass is 10.2. The highest BCUT2D eigenvalue weighted by Crippen LogP contribution is 2.34. The average molecular weight is 390 g/mol. The minimum atomic E-state index is -1.14. The van der Waals surface area contributed by atoms with Crippen molar-refractivity contribution < 1.29 is 24.6 Å². The van der Waals surface area contributed by atoms with Crippen LogP contribution >= 0.6 is 27.5 Å². The summed E-state index contributed by atoms with van der Waals surface area (Å²) < 4.78 is 0.333. The van der Waals surface area contributed by atoms with Gasteiger partial charge in [-0.25, -0.2) is 4.79 Å². The number of hydrogen-bond acceptors (Lipinski definition) is 5. The van der Waals surface area contributed by atoms with E-state index < -0.39 is 17.8 Å². The summed E-state index contributed by atoms with van der Waals surface area (Å²) in [7, 11) is 0. The van der Waals surface area contributed by atoms with Crippen LogP contribution in [0.3, 0.4) is 0 Å². The molecule has 22 heavy (non-hydrogen) atoms. The highest BCUT2D eigenvalue weighted by atomic mass is 79.9. The number of carboxylic acids is 1. The number of anilines is 1. The van der Waals surface area contributed by atoms with Crippen LogP contribution in [0.25, 0.3) is 0 Å². The maximum Gasteiger partial charge on any atom is 0.335 e. The molecule has 0 radical (unpaired) electrons. The van der Waals surface area contributed by atoms with Crippen molar-refractivity contribution in [3.8, 4) is 0 Å². The standard InChI is InChI=1S/C13H10BrClN2O5/c14-7-3-6(13(21)22)4-8(15)11(7)16-9-5-10(19)17(1-2-18)12(9)20/h3-5,16,18H,1-2H2,(H,21,22). The summed E-state index contributed by atoms with van der Waals surface area (Å²) in [6, 6.07) is 2.55. The van der Waals surface area contributed by atoms with Crippen molar-refractivity contribution in [1.29, 1.82) is 0 Å². The fraction of sp³-hybridized carbons (Fsp3) is 0.154. The number of β-amino-alcohol motifs (C(OH)–C–C–N with tert-alkyl or cyclic N) is 1. The minimum Gasteiger partial charge on any atom is -0.478 e. The Morgan fingerprint density at radius 3 is 2.59 bits per heavy atom. The summed E-state index contributed by atoms with van der Waals surface area (Å²) in [6.07, 6.45) is 1.09. The Balaban J connectivity index is 2.29. The Kier molecular flexibility index (Phi) is 4.84. The Bertz CT molecular complexity index is 681. The van der Waals surface area contributed by atoms with Gasteiger partial charge in [0.1, 0.15) is 5.70 Å². The van der Waals surface area contributed by atoms with Gasteiger partial charge in [-0.05, 0) is 28.1 Å². The molecule has 2 rings (SSSR count). The second-order valence-corrected chi connectivity index (χ2v) is 5.58. The molecule has 0 fully saturated rings. The summed E-state index contributed by atoms with van der Waals surface area (Å²) in [6.45, 7) is -0.442. The number of aliphatic hydroxyl groups is 1. The van der Waals surface area contributed by atoms with Crippen molar-refractivity contribution in [3.05, 3.63) is 39.0 Å². The largest absolute Gasteiger partial charge is 0.478 e. The number of benzene rings is 1. The lowest BCUT2D eigenvalue weighted by molar-refractivity contribution is -0.137. The number of nitrogens with zero attached hydrogens (tertiary/aromatic N) is 1. The van der Waals surface area contributed by atoms with Gasteiger partial charge < -0.3 is 15.5 Å². The molecule has 7 nitrogen and oxygen atoms in total. The van der Waals surface area contributed by atoms with Crippen LogP contribution in [0.1, 0.15) is 10.4 Å². The van der Waals surface area contributed by atoms with Gasteiger partial charge >= 0.3 is 5.97 Å². The summed E-state index contributed by atoms with van der Waals surface area (Å²) in [4.78, 5) is 35.5. The summed E-state index contributed by atoms with van der Waals surface area (Å²) >= 11 is 9.17. The van der Waals surface area contributed by atoms with Crippen molar-refractivity contribution in [2.75, 3.05) is 18.5 Å². The molecule has 0 saturated carbocycles. The molecule has 1 aliphatic heterocycles. The maximum absolute atomic E-state index is 12.0. The average Bonchev–Trinajstić information content (AvgIpc) is 2.70. The van der Waals surface area contributed by atoms with Gasteiger partial charge in [-0.2, -0.15) is 0 Å². The number of imide groups is 1. The fourth-order valence-electron chi connectivity index (χ4n) is 1.86. The smallest absolute Gasteiger partial charge is 0.335 e. The molecular formula is C13H10BrClN2O5. The Morgan fingerprint density at radius 2 is 2.05 bits per heavy atom. The molecule has 0 unspecified atom stereocenters. The van der Waals surface area contributed by atoms with E-state index in [2.05, 4.69) is 21.2 Å². The molecule has 0 bridgehead atoms. The summed E-state index contributed by atoms with van der Waals surface area (Å²) in [5.41, 5.74) is 0.237. The van der Waals surface area contributed by atoms with E-state index in [-0.39, 0.29) is 35.1 Å². The Hall–Kier alpha value is -1.90. The lowest BCUT2D eigenvalue weighted by Crippen LogP contribution is -2.34. The van der Waals surface area contributed by atoms with Crippen LogP contribution in [0.4, 0.5) is 5.69 Å². The number of halogens is 2. The zero-order valence-electron chi connectivity index (χ0n) is 11.0. The third kappa shape index (κ3) is 3.13. The van der Waals surface area contributed by atoms with Crippen LogP contribution in [0.15, 0.2) is 28.4 Å². The number of amides is 2. The lowest BCUT2D eigenvalue weighted by Gasteiger charge is -2.15. The summed E-state index contributed by atoms with van der Waals surface area (Å²) in [5.74, 6) is -2.28. The van der Waals surface area contributed by atoms with Gasteiger partial charge in [-0.3, -0.25) is 14.5 Å². The molecule has 1 aliphatic rings. The van der Waals surface area contributed by atoms with Crippen LogP contribution in [0, 0.1) is 0 Å². The number of aliphatic hydroxyl groups excluding tert-OH is 1. The van der Waals surface area contributed by atoms with Crippen LogP contribution in [-0.4, -0.2) is 46.0 Å². The van der Waals surface area contributed by atoms with Gasteiger partial charge in [0.05, 0.1) is 29.4 Å². The van der Waals surface area contributed by atoms with Gasteiger partial charge in [0.2, 0.25) is 0 Å².